The van der Waals surface area contributed by atoms with Crippen LogP contribution in [0.3, 0.4) is 0 Å². The largest absolute Gasteiger partial charge is 0.690 e. The van der Waals surface area contributed by atoms with Gasteiger partial charge in [0.25, 0.3) is 0 Å². The maximum atomic E-state index is 11.6. The molecule has 2 rings (SSSR count). The summed E-state index contributed by atoms with van der Waals surface area (Å²) in [6.07, 6.45) is 0. The summed E-state index contributed by atoms with van der Waals surface area (Å²) in [6, 6.07) is 0. The summed E-state index contributed by atoms with van der Waals surface area (Å²) in [7, 11) is 2.63. The molecule has 90 valence electrons. The Morgan fingerprint density at radius 3 is 2.41 bits per heavy atom. The van der Waals surface area contributed by atoms with E-state index >= 15 is 0 Å². The van der Waals surface area contributed by atoms with Crippen LogP contribution in [0.15, 0.2) is 14.4 Å². The molecule has 11 heteroatoms. The van der Waals surface area contributed by atoms with Crippen LogP contribution in [0.25, 0.3) is 0 Å². The van der Waals surface area contributed by atoms with Gasteiger partial charge in [0, 0.05) is 5.16 Å². The molecule has 2 heterocycles. The summed E-state index contributed by atoms with van der Waals surface area (Å²) in [6.45, 7) is 0. The zero-order chi connectivity index (χ0) is 12.3. The van der Waals surface area contributed by atoms with Gasteiger partial charge in [-0.15, -0.1) is 9.49 Å². The Hall–Kier alpha value is -2.72. The second kappa shape index (κ2) is 4.42. The molecule has 0 atom stereocenters. The van der Waals surface area contributed by atoms with Crippen LogP contribution in [0.2, 0.25) is 0 Å². The number of rotatable bonds is 4. The lowest BCUT2D eigenvalue weighted by atomic mass is 10.7. The molecule has 0 aliphatic rings. The van der Waals surface area contributed by atoms with Crippen molar-refractivity contribution >= 4 is 11.6 Å². The first-order valence-electron chi connectivity index (χ1n) is 4.18. The van der Waals surface area contributed by atoms with Crippen molar-refractivity contribution in [3.05, 3.63) is 5.21 Å². The minimum Gasteiger partial charge on any atom is -0.690 e. The smallest absolute Gasteiger partial charge is 0.462 e. The number of methoxy groups -OCH3 is 2. The summed E-state index contributed by atoms with van der Waals surface area (Å²) < 4.78 is 18.1. The third-order valence-corrected chi connectivity index (χ3v) is 1.64. The maximum Gasteiger partial charge on any atom is 0.462 e. The van der Waals surface area contributed by atoms with Crippen molar-refractivity contribution in [2.75, 3.05) is 14.2 Å². The van der Waals surface area contributed by atoms with E-state index in [4.69, 9.17) is 9.47 Å². The Morgan fingerprint density at radius 2 is 1.71 bits per heavy atom. The Labute approximate surface area is 93.1 Å². The predicted molar refractivity (Wildman–Crippen MR) is 47.1 cm³/mol. The van der Waals surface area contributed by atoms with E-state index < -0.39 is 0 Å². The first-order chi connectivity index (χ1) is 8.26. The van der Waals surface area contributed by atoms with E-state index in [-0.39, 0.29) is 28.3 Å². The van der Waals surface area contributed by atoms with Crippen molar-refractivity contribution in [3.63, 3.8) is 0 Å². The lowest BCUT2D eigenvalue weighted by Crippen LogP contribution is -1.95. The highest BCUT2D eigenvalue weighted by Gasteiger charge is 2.23. The molecule has 0 spiro atoms. The molecule has 11 nitrogen and oxygen atoms in total. The Kier molecular flexibility index (Phi) is 2.81. The van der Waals surface area contributed by atoms with Gasteiger partial charge in [-0.05, 0) is 15.4 Å². The van der Waals surface area contributed by atoms with E-state index in [2.05, 4.69) is 35.0 Å². The zero-order valence-electron chi connectivity index (χ0n) is 8.72. The predicted octanol–water partition coefficient (Wildman–Crippen LogP) is 0.395. The fraction of sp³-hybridized carbons (Fsp3) is 0.333. The molecule has 0 saturated heterocycles. The molecular formula is C6H6N6O5. The number of aromatic nitrogens is 4. The molecule has 17 heavy (non-hydrogen) atoms. The van der Waals surface area contributed by atoms with E-state index in [0.29, 0.717) is 0 Å². The van der Waals surface area contributed by atoms with Crippen LogP contribution in [0.5, 0.6) is 11.8 Å². The highest BCUT2D eigenvalue weighted by Crippen LogP contribution is 2.26. The van der Waals surface area contributed by atoms with E-state index in [1.807, 2.05) is 0 Å². The van der Waals surface area contributed by atoms with Gasteiger partial charge in [-0.2, -0.15) is 0 Å². The Balaban J connectivity index is 2.34. The lowest BCUT2D eigenvalue weighted by molar-refractivity contribution is -0.441. The minimum absolute atomic E-state index is 0.0405. The van der Waals surface area contributed by atoms with E-state index in [1.165, 1.54) is 14.2 Å². The van der Waals surface area contributed by atoms with Gasteiger partial charge >= 0.3 is 23.4 Å². The van der Waals surface area contributed by atoms with E-state index in [9.17, 15) is 5.21 Å². The van der Waals surface area contributed by atoms with Gasteiger partial charge in [0.15, 0.2) is 5.16 Å². The molecule has 0 unspecified atom stereocenters. The number of nitrogens with zero attached hydrogens (tertiary/aromatic N) is 6. The molecule has 0 aromatic carbocycles. The summed E-state index contributed by atoms with van der Waals surface area (Å²) in [5.41, 5.74) is 0. The third kappa shape index (κ3) is 1.97. The Bertz CT molecular complexity index is 532. The van der Waals surface area contributed by atoms with Crippen molar-refractivity contribution < 1.29 is 23.6 Å². The molecule has 2 aromatic rings. The highest BCUT2D eigenvalue weighted by atomic mass is 16.6. The standard InChI is InChI=1S/C6H6N6O5/c1-14-5-3(8-16-10-5)7-12(13)4-6(15-2)11-17-9-4/h1-2H3. The quantitative estimate of drug-likeness (QED) is 0.423. The van der Waals surface area contributed by atoms with Gasteiger partial charge in [-0.1, -0.05) is 0 Å². The van der Waals surface area contributed by atoms with Crippen LogP contribution < -0.4 is 9.47 Å². The van der Waals surface area contributed by atoms with Crippen LogP contribution in [0, 0.1) is 5.21 Å². The van der Waals surface area contributed by atoms with Gasteiger partial charge in [-0.3, -0.25) is 0 Å². The Morgan fingerprint density at radius 1 is 1.06 bits per heavy atom. The molecule has 0 N–H and O–H groups in total. The second-order valence-corrected chi connectivity index (χ2v) is 2.57. The van der Waals surface area contributed by atoms with Crippen LogP contribution >= 0.6 is 0 Å². The molecule has 0 bridgehead atoms. The van der Waals surface area contributed by atoms with Gasteiger partial charge in [0.1, 0.15) is 0 Å². The third-order valence-electron chi connectivity index (χ3n) is 1.64. The molecule has 0 aliphatic carbocycles. The average molecular weight is 242 g/mol. The van der Waals surface area contributed by atoms with Crippen molar-refractivity contribution in [3.8, 4) is 11.8 Å². The molecule has 0 fully saturated rings. The summed E-state index contributed by atoms with van der Waals surface area (Å²) in [5, 5.41) is 28.4. The molecule has 0 radical (unpaired) electrons. The summed E-state index contributed by atoms with van der Waals surface area (Å²) >= 11 is 0. The molecule has 0 aliphatic heterocycles. The summed E-state index contributed by atoms with van der Waals surface area (Å²) in [5.74, 6) is -0.564. The van der Waals surface area contributed by atoms with Crippen molar-refractivity contribution in [1.82, 2.24) is 20.6 Å². The van der Waals surface area contributed by atoms with Gasteiger partial charge in [-0.25, -0.2) is 4.63 Å². The fourth-order valence-electron chi connectivity index (χ4n) is 0.920. The monoisotopic (exact) mass is 242 g/mol. The van der Waals surface area contributed by atoms with Gasteiger partial charge < -0.3 is 14.7 Å². The van der Waals surface area contributed by atoms with E-state index in [0.717, 1.165) is 0 Å². The number of azo groups is 1. The van der Waals surface area contributed by atoms with Crippen LogP contribution in [-0.2, 0) is 0 Å². The molecule has 0 amide bonds. The highest BCUT2D eigenvalue weighted by molar-refractivity contribution is 5.35. The SMILES string of the molecule is COc1nonc1N=[N+]([O-])c1nonc1OC. The topological polar surface area (TPSA) is 135 Å². The zero-order valence-corrected chi connectivity index (χ0v) is 8.72. The normalized spacial score (nSPS) is 11.5. The van der Waals surface area contributed by atoms with E-state index in [1.54, 1.807) is 0 Å². The van der Waals surface area contributed by atoms with Crippen molar-refractivity contribution in [1.29, 1.82) is 0 Å². The van der Waals surface area contributed by atoms with Gasteiger partial charge in [0.05, 0.1) is 14.2 Å². The average Bonchev–Trinajstić information content (AvgIpc) is 2.96. The number of hydrogen-bond donors (Lipinski definition) is 0. The van der Waals surface area contributed by atoms with Crippen molar-refractivity contribution in [2.45, 2.75) is 0 Å². The maximum absolute atomic E-state index is 11.6. The molecular weight excluding hydrogens is 236 g/mol. The van der Waals surface area contributed by atoms with Gasteiger partial charge in [0.2, 0.25) is 0 Å². The van der Waals surface area contributed by atoms with Crippen LogP contribution in [0.4, 0.5) is 11.6 Å². The minimum atomic E-state index is -0.266. The fourth-order valence-corrected chi connectivity index (χ4v) is 0.920. The first-order valence-corrected chi connectivity index (χ1v) is 4.18. The second-order valence-electron chi connectivity index (χ2n) is 2.57. The van der Waals surface area contributed by atoms with Crippen molar-refractivity contribution in [2.24, 2.45) is 5.11 Å². The van der Waals surface area contributed by atoms with Crippen LogP contribution in [-0.4, -0.2) is 39.7 Å². The molecule has 2 aromatic heterocycles. The number of hydrogen-bond acceptors (Lipinski definition) is 10. The summed E-state index contributed by atoms with van der Waals surface area (Å²) in [4.78, 5) is 0.0946. The lowest BCUT2D eigenvalue weighted by Gasteiger charge is -1.99. The number of ether oxygens (including phenoxy) is 2. The van der Waals surface area contributed by atoms with Crippen LogP contribution in [0.1, 0.15) is 0 Å². The molecule has 0 saturated carbocycles. The first kappa shape index (κ1) is 10.8.